The summed E-state index contributed by atoms with van der Waals surface area (Å²) in [5, 5.41) is 2.03. The van der Waals surface area contributed by atoms with Gasteiger partial charge in [0, 0.05) is 18.4 Å². The highest BCUT2D eigenvalue weighted by Gasteiger charge is 2.11. The van der Waals surface area contributed by atoms with Gasteiger partial charge in [0.2, 0.25) is 5.91 Å². The topological polar surface area (TPSA) is 84.5 Å². The highest BCUT2D eigenvalue weighted by atomic mass is 16.5. The Kier molecular flexibility index (Phi) is 6.58. The van der Waals surface area contributed by atoms with Crippen LogP contribution in [-0.2, 0) is 9.59 Å². The number of amides is 2. The number of carbonyl (C=O) groups excluding carboxylic acids is 3. The molecule has 0 saturated heterocycles. The summed E-state index contributed by atoms with van der Waals surface area (Å²) in [5.41, 5.74) is 6.16. The predicted molar refractivity (Wildman–Crippen MR) is 110 cm³/mol. The molecule has 0 bridgehead atoms. The van der Waals surface area contributed by atoms with Crippen LogP contribution < -0.4 is 15.6 Å². The second kappa shape index (κ2) is 9.50. The molecule has 6 heteroatoms. The van der Waals surface area contributed by atoms with E-state index in [2.05, 4.69) is 10.9 Å². The molecule has 2 N–H and O–H groups in total. The number of aryl methyl sites for hydroxylation is 1. The highest BCUT2D eigenvalue weighted by Crippen LogP contribution is 2.17. The van der Waals surface area contributed by atoms with E-state index in [1.165, 1.54) is 0 Å². The minimum absolute atomic E-state index is 0.0231. The molecule has 0 heterocycles. The van der Waals surface area contributed by atoms with Crippen LogP contribution in [0.2, 0.25) is 0 Å². The molecular formula is C23H22N2O4. The number of hydrogen-bond acceptors (Lipinski definition) is 4. The van der Waals surface area contributed by atoms with Crippen molar-refractivity contribution >= 4 is 28.4 Å². The van der Waals surface area contributed by atoms with Crippen molar-refractivity contribution in [3.8, 4) is 5.75 Å². The minimum Gasteiger partial charge on any atom is -0.484 e. The van der Waals surface area contributed by atoms with Crippen molar-refractivity contribution in [3.63, 3.8) is 0 Å². The van der Waals surface area contributed by atoms with Crippen molar-refractivity contribution < 1.29 is 19.1 Å². The molecule has 0 spiro atoms. The van der Waals surface area contributed by atoms with Gasteiger partial charge in [-0.2, -0.15) is 0 Å². The molecule has 148 valence electrons. The molecule has 3 rings (SSSR count). The first-order chi connectivity index (χ1) is 14.0. The van der Waals surface area contributed by atoms with Gasteiger partial charge in [0.05, 0.1) is 0 Å². The Labute approximate surface area is 168 Å². The summed E-state index contributed by atoms with van der Waals surface area (Å²) in [6.07, 6.45) is 0.0323. The van der Waals surface area contributed by atoms with E-state index in [4.69, 9.17) is 4.74 Å². The number of nitrogens with one attached hydrogen (secondary N) is 2. The first kappa shape index (κ1) is 20.1. The summed E-state index contributed by atoms with van der Waals surface area (Å²) in [5.74, 6) is -0.476. The zero-order valence-electron chi connectivity index (χ0n) is 16.1. The van der Waals surface area contributed by atoms with Gasteiger partial charge in [0.1, 0.15) is 5.75 Å². The van der Waals surface area contributed by atoms with Gasteiger partial charge in [0.25, 0.3) is 5.91 Å². The Morgan fingerprint density at radius 1 is 0.793 bits per heavy atom. The maximum absolute atomic E-state index is 12.3. The van der Waals surface area contributed by atoms with E-state index < -0.39 is 11.8 Å². The van der Waals surface area contributed by atoms with Gasteiger partial charge in [-0.25, -0.2) is 0 Å². The number of benzene rings is 3. The van der Waals surface area contributed by atoms with Crippen LogP contribution in [0.15, 0.2) is 66.7 Å². The van der Waals surface area contributed by atoms with Crippen LogP contribution in [0.3, 0.4) is 0 Å². The maximum Gasteiger partial charge on any atom is 0.276 e. The lowest BCUT2D eigenvalue weighted by molar-refractivity contribution is -0.130. The number of fused-ring (bicyclic) bond motifs is 1. The van der Waals surface area contributed by atoms with Gasteiger partial charge < -0.3 is 4.74 Å². The number of hydrazine groups is 1. The van der Waals surface area contributed by atoms with Crippen LogP contribution in [0.5, 0.6) is 5.75 Å². The number of rotatable bonds is 7. The normalized spacial score (nSPS) is 10.4. The summed E-state index contributed by atoms with van der Waals surface area (Å²) in [6, 6.07) is 20.5. The quantitative estimate of drug-likeness (QED) is 0.479. The van der Waals surface area contributed by atoms with Gasteiger partial charge in [-0.3, -0.25) is 25.2 Å². The van der Waals surface area contributed by atoms with E-state index in [1.807, 2.05) is 61.5 Å². The smallest absolute Gasteiger partial charge is 0.276 e. The third kappa shape index (κ3) is 5.90. The fourth-order valence-electron chi connectivity index (χ4n) is 2.83. The summed E-state index contributed by atoms with van der Waals surface area (Å²) in [6.45, 7) is 1.70. The van der Waals surface area contributed by atoms with Gasteiger partial charge in [-0.05, 0) is 41.5 Å². The zero-order valence-corrected chi connectivity index (χ0v) is 16.1. The Bertz CT molecular complexity index is 1050. The largest absolute Gasteiger partial charge is 0.484 e. The molecule has 0 radical (unpaired) electrons. The third-order valence-electron chi connectivity index (χ3n) is 4.35. The number of ether oxygens (including phenoxy) is 1. The lowest BCUT2D eigenvalue weighted by Crippen LogP contribution is -2.43. The van der Waals surface area contributed by atoms with E-state index in [0.717, 1.165) is 16.3 Å². The van der Waals surface area contributed by atoms with Crippen LogP contribution in [0.25, 0.3) is 10.8 Å². The van der Waals surface area contributed by atoms with Gasteiger partial charge >= 0.3 is 0 Å². The van der Waals surface area contributed by atoms with Crippen LogP contribution in [0.4, 0.5) is 0 Å². The number of carbonyl (C=O) groups is 3. The molecule has 0 unspecified atom stereocenters. The summed E-state index contributed by atoms with van der Waals surface area (Å²) < 4.78 is 5.35. The third-order valence-corrected chi connectivity index (χ3v) is 4.35. The van der Waals surface area contributed by atoms with Crippen molar-refractivity contribution in [1.29, 1.82) is 0 Å². The molecule has 29 heavy (non-hydrogen) atoms. The second-order valence-corrected chi connectivity index (χ2v) is 6.69. The fraction of sp³-hybridized carbons (Fsp3) is 0.174. The minimum atomic E-state index is -0.485. The monoisotopic (exact) mass is 390 g/mol. The summed E-state index contributed by atoms with van der Waals surface area (Å²) in [4.78, 5) is 36.0. The highest BCUT2D eigenvalue weighted by molar-refractivity contribution is 6.01. The van der Waals surface area contributed by atoms with E-state index in [0.29, 0.717) is 11.3 Å². The molecule has 0 aromatic heterocycles. The van der Waals surface area contributed by atoms with Gasteiger partial charge in [-0.15, -0.1) is 0 Å². The van der Waals surface area contributed by atoms with Crippen LogP contribution >= 0.6 is 0 Å². The van der Waals surface area contributed by atoms with E-state index in [1.54, 1.807) is 12.1 Å². The molecule has 2 amide bonds. The molecule has 0 atom stereocenters. The molecule has 3 aromatic rings. The molecule has 6 nitrogen and oxygen atoms in total. The van der Waals surface area contributed by atoms with E-state index >= 15 is 0 Å². The average molecular weight is 390 g/mol. The first-order valence-electron chi connectivity index (χ1n) is 9.30. The summed E-state index contributed by atoms with van der Waals surface area (Å²) in [7, 11) is 0. The molecule has 0 aliphatic heterocycles. The number of ketones is 1. The van der Waals surface area contributed by atoms with Crippen molar-refractivity contribution in [1.82, 2.24) is 10.9 Å². The van der Waals surface area contributed by atoms with Gasteiger partial charge in [0.15, 0.2) is 12.4 Å². The average Bonchev–Trinajstić information content (AvgIpc) is 2.74. The van der Waals surface area contributed by atoms with Crippen LogP contribution in [0.1, 0.15) is 28.8 Å². The maximum atomic E-state index is 12.3. The first-order valence-corrected chi connectivity index (χ1v) is 9.30. The molecule has 0 aliphatic carbocycles. The summed E-state index contributed by atoms with van der Waals surface area (Å²) >= 11 is 0. The lowest BCUT2D eigenvalue weighted by Gasteiger charge is -2.09. The predicted octanol–water partition coefficient (Wildman–Crippen LogP) is 3.34. The van der Waals surface area contributed by atoms with Crippen molar-refractivity contribution in [2.24, 2.45) is 0 Å². The van der Waals surface area contributed by atoms with Crippen molar-refractivity contribution in [2.75, 3.05) is 6.61 Å². The van der Waals surface area contributed by atoms with Crippen LogP contribution in [-0.4, -0.2) is 24.2 Å². The Balaban J connectivity index is 1.40. The lowest BCUT2D eigenvalue weighted by atomic mass is 10.0. The molecule has 0 aliphatic rings. The van der Waals surface area contributed by atoms with E-state index in [-0.39, 0.29) is 25.2 Å². The zero-order chi connectivity index (χ0) is 20.6. The molecule has 3 aromatic carbocycles. The number of Topliss-reactive ketones (excluding diaryl/α,β-unsaturated/α-hetero) is 1. The molecule has 0 saturated carbocycles. The SMILES string of the molecule is Cc1cccc(OCC(=O)NNC(=O)CCC(=O)c2ccc3ccccc3c2)c1. The Morgan fingerprint density at radius 2 is 1.55 bits per heavy atom. The van der Waals surface area contributed by atoms with Crippen LogP contribution in [0, 0.1) is 6.92 Å². The Morgan fingerprint density at radius 3 is 2.34 bits per heavy atom. The number of hydrogen-bond donors (Lipinski definition) is 2. The Hall–Kier alpha value is -3.67. The van der Waals surface area contributed by atoms with Crippen molar-refractivity contribution in [3.05, 3.63) is 77.9 Å². The second-order valence-electron chi connectivity index (χ2n) is 6.69. The molecular weight excluding hydrogens is 368 g/mol. The van der Waals surface area contributed by atoms with Crippen molar-refractivity contribution in [2.45, 2.75) is 19.8 Å². The van der Waals surface area contributed by atoms with E-state index in [9.17, 15) is 14.4 Å². The fourth-order valence-corrected chi connectivity index (χ4v) is 2.83. The van der Waals surface area contributed by atoms with Gasteiger partial charge in [-0.1, -0.05) is 48.5 Å². The standard InChI is InChI=1S/C23H22N2O4/c1-16-5-4-8-20(13-16)29-15-23(28)25-24-22(27)12-11-21(26)19-10-9-17-6-2-3-7-18(17)14-19/h2-10,13-14H,11-12,15H2,1H3,(H,24,27)(H,25,28). The molecule has 0 fully saturated rings.